The largest absolute Gasteiger partial charge is 0.507 e. The first kappa shape index (κ1) is 33.4. The molecule has 5 rings (SSSR count). The van der Waals surface area contributed by atoms with Crippen molar-refractivity contribution in [2.24, 2.45) is 0 Å². The summed E-state index contributed by atoms with van der Waals surface area (Å²) in [5.74, 6) is -4.13. The van der Waals surface area contributed by atoms with E-state index in [9.17, 15) is 61.0 Å². The summed E-state index contributed by atoms with van der Waals surface area (Å²) in [4.78, 5) is 14.0. The van der Waals surface area contributed by atoms with Gasteiger partial charge in [-0.1, -0.05) is 0 Å². The van der Waals surface area contributed by atoms with E-state index >= 15 is 0 Å². The molecule has 10 atom stereocenters. The van der Waals surface area contributed by atoms with Gasteiger partial charge in [-0.3, -0.25) is 4.79 Å². The minimum atomic E-state index is -1.98. The number of ether oxygens (including phenoxy) is 5. The highest BCUT2D eigenvalue weighted by molar-refractivity contribution is 5.93. The maximum atomic E-state index is 14.0. The van der Waals surface area contributed by atoms with Crippen LogP contribution in [0.3, 0.4) is 0 Å². The van der Waals surface area contributed by atoms with Crippen molar-refractivity contribution in [3.8, 4) is 45.8 Å². The molecule has 252 valence electrons. The van der Waals surface area contributed by atoms with Crippen LogP contribution in [-0.4, -0.2) is 138 Å². The first-order chi connectivity index (χ1) is 21.8. The Morgan fingerprint density at radius 1 is 0.696 bits per heavy atom. The van der Waals surface area contributed by atoms with E-state index in [1.165, 1.54) is 6.07 Å². The molecule has 0 radical (unpaired) electrons. The van der Waals surface area contributed by atoms with Gasteiger partial charge in [0, 0.05) is 11.6 Å². The fraction of sp³-hybridized carbons (Fsp3) is 0.464. The van der Waals surface area contributed by atoms with E-state index in [0.717, 1.165) is 25.3 Å². The molecule has 1 aromatic heterocycles. The smallest absolute Gasteiger partial charge is 0.239 e. The zero-order valence-corrected chi connectivity index (χ0v) is 23.8. The van der Waals surface area contributed by atoms with Crippen LogP contribution in [0.4, 0.5) is 0 Å². The number of aliphatic hydroxyl groups excluding tert-OH is 8. The Labute approximate surface area is 257 Å². The van der Waals surface area contributed by atoms with E-state index in [1.54, 1.807) is 0 Å². The zero-order chi connectivity index (χ0) is 33.6. The van der Waals surface area contributed by atoms with Crippen LogP contribution in [0.1, 0.15) is 0 Å². The number of phenols is 3. The van der Waals surface area contributed by atoms with Crippen LogP contribution in [0.25, 0.3) is 22.3 Å². The quantitative estimate of drug-likeness (QED) is 0.107. The van der Waals surface area contributed by atoms with Crippen molar-refractivity contribution in [3.05, 3.63) is 34.5 Å². The number of phenolic OH excluding ortho intramolecular Hbond substituents is 3. The molecule has 0 saturated carbocycles. The second-order valence-electron chi connectivity index (χ2n) is 10.6. The van der Waals surface area contributed by atoms with Gasteiger partial charge >= 0.3 is 0 Å². The van der Waals surface area contributed by atoms with E-state index in [0.29, 0.717) is 0 Å². The van der Waals surface area contributed by atoms with Crippen LogP contribution in [-0.2, 0) is 9.47 Å². The van der Waals surface area contributed by atoms with Gasteiger partial charge in [0.05, 0.1) is 20.3 Å². The number of methoxy groups -OCH3 is 1. The molecule has 0 bridgehead atoms. The van der Waals surface area contributed by atoms with Crippen molar-refractivity contribution in [2.45, 2.75) is 61.4 Å². The topological polar surface area (TPSA) is 299 Å². The van der Waals surface area contributed by atoms with Crippen molar-refractivity contribution < 1.29 is 84.3 Å². The molecule has 18 nitrogen and oxygen atoms in total. The van der Waals surface area contributed by atoms with Gasteiger partial charge in [-0.2, -0.15) is 0 Å². The van der Waals surface area contributed by atoms with Crippen LogP contribution >= 0.6 is 0 Å². The molecule has 0 aliphatic carbocycles. The lowest BCUT2D eigenvalue weighted by atomic mass is 9.99. The predicted octanol–water partition coefficient (Wildman–Crippen LogP) is -3.06. The number of fused-ring (bicyclic) bond motifs is 1. The summed E-state index contributed by atoms with van der Waals surface area (Å²) >= 11 is 0. The summed E-state index contributed by atoms with van der Waals surface area (Å²) in [6.45, 7) is -1.62. The molecule has 0 unspecified atom stereocenters. The fourth-order valence-corrected chi connectivity index (χ4v) is 5.07. The SMILES string of the molecule is COc1cc(O)c2c(=O)c(O[C@@H]3O[C@H](CO)[C@H](O)[C@H](O)[C@H]3O)c(-c3ccc(O)c(O)c3)oc2c1O[C@@H]1O[C@H](CO)[C@@H](O)[C@H](O)[C@H]1O. The average molecular weight is 657 g/mol. The maximum absolute atomic E-state index is 14.0. The minimum absolute atomic E-state index is 0.144. The fourth-order valence-electron chi connectivity index (χ4n) is 5.07. The van der Waals surface area contributed by atoms with E-state index < -0.39 is 126 Å². The monoisotopic (exact) mass is 656 g/mol. The lowest BCUT2D eigenvalue weighted by Gasteiger charge is -2.39. The third-order valence-electron chi connectivity index (χ3n) is 7.65. The third kappa shape index (κ3) is 5.75. The van der Waals surface area contributed by atoms with Gasteiger partial charge in [0.1, 0.15) is 60.0 Å². The van der Waals surface area contributed by atoms with Gasteiger partial charge < -0.3 is 84.3 Å². The molecular formula is C28H32O18. The van der Waals surface area contributed by atoms with E-state index in [4.69, 9.17) is 28.1 Å². The van der Waals surface area contributed by atoms with Crippen LogP contribution in [0.2, 0.25) is 0 Å². The second kappa shape index (κ2) is 13.0. The molecule has 2 aliphatic heterocycles. The Hall–Kier alpha value is -3.95. The summed E-state index contributed by atoms with van der Waals surface area (Å²) in [6.07, 6.45) is -17.7. The van der Waals surface area contributed by atoms with Crippen molar-refractivity contribution in [1.29, 1.82) is 0 Å². The van der Waals surface area contributed by atoms with E-state index in [2.05, 4.69) is 0 Å². The third-order valence-corrected chi connectivity index (χ3v) is 7.65. The van der Waals surface area contributed by atoms with Gasteiger partial charge in [0.15, 0.2) is 28.6 Å². The van der Waals surface area contributed by atoms with Crippen LogP contribution in [0, 0.1) is 0 Å². The number of benzene rings is 2. The average Bonchev–Trinajstić information content (AvgIpc) is 3.04. The summed E-state index contributed by atoms with van der Waals surface area (Å²) in [6, 6.07) is 4.08. The first-order valence-electron chi connectivity index (χ1n) is 13.7. The Morgan fingerprint density at radius 2 is 1.24 bits per heavy atom. The van der Waals surface area contributed by atoms with Gasteiger partial charge in [-0.05, 0) is 18.2 Å². The summed E-state index contributed by atoms with van der Waals surface area (Å²) < 4.78 is 33.4. The number of aliphatic hydroxyl groups is 8. The number of hydrogen-bond acceptors (Lipinski definition) is 18. The molecule has 3 heterocycles. The molecule has 0 amide bonds. The lowest BCUT2D eigenvalue weighted by Crippen LogP contribution is -2.60. The number of hydrogen-bond donors (Lipinski definition) is 11. The summed E-state index contributed by atoms with van der Waals surface area (Å²) in [5.41, 5.74) is -1.89. The van der Waals surface area contributed by atoms with E-state index in [-0.39, 0.29) is 11.3 Å². The van der Waals surface area contributed by atoms with Gasteiger partial charge in [-0.25, -0.2) is 0 Å². The van der Waals surface area contributed by atoms with Crippen molar-refractivity contribution in [1.82, 2.24) is 0 Å². The van der Waals surface area contributed by atoms with Crippen molar-refractivity contribution in [2.75, 3.05) is 20.3 Å². The molecule has 18 heteroatoms. The highest BCUT2D eigenvalue weighted by Crippen LogP contribution is 2.45. The minimum Gasteiger partial charge on any atom is -0.507 e. The zero-order valence-electron chi connectivity index (χ0n) is 23.8. The lowest BCUT2D eigenvalue weighted by molar-refractivity contribution is -0.277. The Bertz CT molecular complexity index is 1620. The molecule has 2 aliphatic rings. The van der Waals surface area contributed by atoms with Gasteiger partial charge in [0.2, 0.25) is 29.5 Å². The van der Waals surface area contributed by atoms with Crippen LogP contribution in [0.15, 0.2) is 33.5 Å². The first-order valence-corrected chi connectivity index (χ1v) is 13.7. The molecule has 2 fully saturated rings. The highest BCUT2D eigenvalue weighted by atomic mass is 16.7. The Morgan fingerprint density at radius 3 is 1.74 bits per heavy atom. The molecule has 2 aromatic carbocycles. The summed E-state index contributed by atoms with van der Waals surface area (Å²) in [5, 5.41) is 111. The number of aromatic hydroxyl groups is 3. The normalized spacial score (nSPS) is 31.5. The van der Waals surface area contributed by atoms with Gasteiger partial charge in [-0.15, -0.1) is 0 Å². The maximum Gasteiger partial charge on any atom is 0.239 e. The van der Waals surface area contributed by atoms with Crippen molar-refractivity contribution >= 4 is 11.0 Å². The van der Waals surface area contributed by atoms with Crippen molar-refractivity contribution in [3.63, 3.8) is 0 Å². The van der Waals surface area contributed by atoms with Gasteiger partial charge in [0.25, 0.3) is 0 Å². The van der Waals surface area contributed by atoms with E-state index in [1.807, 2.05) is 0 Å². The standard InChI is InChI=1S/C28H32O18/c1-41-12-5-11(33)15-18(36)26(46-28-22(40)20(38)17(35)14(7-30)43-28)23(8-2-3-9(31)10(32)4-8)44-25(15)24(12)45-27-21(39)19(37)16(34)13(6-29)42-27/h2-5,13-14,16-17,19-22,27-35,37-40H,6-7H2,1H3/t13-,14-,16-,17+,19+,20+,21-,22-,27+,28+/m1/s1. The molecule has 3 aromatic rings. The summed E-state index contributed by atoms with van der Waals surface area (Å²) in [7, 11) is 1.15. The van der Waals surface area contributed by atoms with Crippen LogP contribution in [0.5, 0.6) is 34.5 Å². The molecule has 0 spiro atoms. The molecular weight excluding hydrogens is 624 g/mol. The number of rotatable bonds is 8. The molecule has 11 N–H and O–H groups in total. The predicted molar refractivity (Wildman–Crippen MR) is 148 cm³/mol. The molecule has 46 heavy (non-hydrogen) atoms. The highest BCUT2D eigenvalue weighted by Gasteiger charge is 2.47. The Kier molecular flexibility index (Phi) is 9.47. The Balaban J connectivity index is 1.72. The molecule has 2 saturated heterocycles. The van der Waals surface area contributed by atoms with Crippen LogP contribution < -0.4 is 19.6 Å². The second-order valence-corrected chi connectivity index (χ2v) is 10.6.